The van der Waals surface area contributed by atoms with Crippen LogP contribution in [0.4, 0.5) is 4.39 Å². The van der Waals surface area contributed by atoms with Crippen molar-refractivity contribution in [3.8, 4) is 11.5 Å². The first-order valence-electron chi connectivity index (χ1n) is 9.66. The fourth-order valence-electron chi connectivity index (χ4n) is 2.94. The van der Waals surface area contributed by atoms with Gasteiger partial charge in [-0.15, -0.1) is 11.3 Å². The quantitative estimate of drug-likeness (QED) is 0.212. The smallest absolute Gasteiger partial charge is 0.195 e. The first-order chi connectivity index (χ1) is 14.9. The Labute approximate surface area is 198 Å². The van der Waals surface area contributed by atoms with Crippen molar-refractivity contribution in [2.45, 2.75) is 26.4 Å². The Kier molecular flexibility index (Phi) is 8.29. The van der Waals surface area contributed by atoms with Crippen molar-refractivity contribution >= 4 is 50.7 Å². The van der Waals surface area contributed by atoms with Gasteiger partial charge in [0.15, 0.2) is 5.78 Å². The van der Waals surface area contributed by atoms with E-state index in [1.807, 2.05) is 24.3 Å². The number of halogens is 3. The summed E-state index contributed by atoms with van der Waals surface area (Å²) in [5.74, 6) is 0.562. The predicted molar refractivity (Wildman–Crippen MR) is 128 cm³/mol. The average molecular weight is 524 g/mol. The molecule has 0 saturated heterocycles. The number of carbonyl (C=O) groups excluding carboxylic acids is 1. The maximum atomic E-state index is 13.2. The number of ketones is 1. The number of hydrogen-bond acceptors (Lipinski definition) is 4. The minimum Gasteiger partial charge on any atom is -0.496 e. The Morgan fingerprint density at radius 3 is 2.68 bits per heavy atom. The van der Waals surface area contributed by atoms with Gasteiger partial charge in [-0.3, -0.25) is 4.79 Å². The minimum absolute atomic E-state index is 0.0419. The first kappa shape index (κ1) is 23.5. The lowest BCUT2D eigenvalue weighted by Gasteiger charge is -2.12. The maximum Gasteiger partial charge on any atom is 0.195 e. The van der Waals surface area contributed by atoms with Crippen LogP contribution in [0.25, 0.3) is 6.08 Å². The van der Waals surface area contributed by atoms with Crippen LogP contribution in [0.1, 0.15) is 39.0 Å². The molecule has 2 aromatic carbocycles. The van der Waals surface area contributed by atoms with Crippen molar-refractivity contribution in [1.29, 1.82) is 0 Å². The van der Waals surface area contributed by atoms with Gasteiger partial charge in [-0.2, -0.15) is 0 Å². The topological polar surface area (TPSA) is 35.5 Å². The number of allylic oxidation sites excluding steroid dienone is 1. The molecule has 162 valence electrons. The Hall–Kier alpha value is -2.15. The van der Waals surface area contributed by atoms with Crippen LogP contribution in [0.15, 0.2) is 53.0 Å². The average Bonchev–Trinajstić information content (AvgIpc) is 3.12. The number of thiophene rings is 1. The van der Waals surface area contributed by atoms with Gasteiger partial charge in [-0.25, -0.2) is 4.39 Å². The molecule has 0 bridgehead atoms. The second-order valence-electron chi connectivity index (χ2n) is 6.76. The predicted octanol–water partition coefficient (Wildman–Crippen LogP) is 7.74. The zero-order valence-corrected chi connectivity index (χ0v) is 20.2. The molecule has 0 aliphatic carbocycles. The zero-order valence-electron chi connectivity index (χ0n) is 17.1. The molecular weight excluding hydrogens is 503 g/mol. The lowest BCUT2D eigenvalue weighted by Crippen LogP contribution is -2.00. The lowest BCUT2D eigenvalue weighted by molar-refractivity contribution is 0.105. The summed E-state index contributed by atoms with van der Waals surface area (Å²) in [6, 6.07) is 11.4. The van der Waals surface area contributed by atoms with Gasteiger partial charge in [0.05, 0.1) is 17.0 Å². The van der Waals surface area contributed by atoms with Gasteiger partial charge in [0.25, 0.3) is 0 Å². The highest BCUT2D eigenvalue weighted by Crippen LogP contribution is 2.30. The number of rotatable bonds is 9. The maximum absolute atomic E-state index is 13.2. The van der Waals surface area contributed by atoms with E-state index < -0.39 is 5.82 Å². The van der Waals surface area contributed by atoms with Crippen molar-refractivity contribution in [3.63, 3.8) is 0 Å². The van der Waals surface area contributed by atoms with Crippen molar-refractivity contribution in [1.82, 2.24) is 0 Å². The molecule has 1 heterocycles. The van der Waals surface area contributed by atoms with Gasteiger partial charge in [0.1, 0.15) is 23.9 Å². The highest BCUT2D eigenvalue weighted by Gasteiger charge is 2.11. The van der Waals surface area contributed by atoms with E-state index in [1.165, 1.54) is 34.4 Å². The summed E-state index contributed by atoms with van der Waals surface area (Å²) in [5.41, 5.74) is 1.61. The molecule has 31 heavy (non-hydrogen) atoms. The van der Waals surface area contributed by atoms with Gasteiger partial charge < -0.3 is 9.47 Å². The van der Waals surface area contributed by atoms with E-state index in [0.717, 1.165) is 28.4 Å². The third-order valence-corrected chi connectivity index (χ3v) is 6.96. The second kappa shape index (κ2) is 10.9. The molecule has 0 aliphatic rings. The molecule has 0 spiro atoms. The summed E-state index contributed by atoms with van der Waals surface area (Å²) in [6.07, 6.45) is 5.31. The fraction of sp³-hybridized carbons (Fsp3) is 0.208. The summed E-state index contributed by atoms with van der Waals surface area (Å²) < 4.78 is 25.3. The zero-order chi connectivity index (χ0) is 22.4. The molecule has 3 rings (SSSR count). The van der Waals surface area contributed by atoms with Gasteiger partial charge in [-0.1, -0.05) is 37.1 Å². The normalized spacial score (nSPS) is 11.1. The summed E-state index contributed by atoms with van der Waals surface area (Å²) in [6.45, 7) is 2.30. The van der Waals surface area contributed by atoms with E-state index in [0.29, 0.717) is 16.4 Å². The van der Waals surface area contributed by atoms with Gasteiger partial charge in [0, 0.05) is 14.9 Å². The molecule has 0 amide bonds. The summed E-state index contributed by atoms with van der Waals surface area (Å²) >= 11 is 11.1. The number of methoxy groups -OCH3 is 1. The number of ether oxygens (including phenoxy) is 2. The fourth-order valence-corrected chi connectivity index (χ4v) is 5.06. The molecule has 0 atom stereocenters. The molecule has 3 nitrogen and oxygen atoms in total. The molecule has 3 aromatic rings. The van der Waals surface area contributed by atoms with Crippen LogP contribution in [0, 0.1) is 5.82 Å². The first-order valence-corrected chi connectivity index (χ1v) is 11.7. The summed E-state index contributed by atoms with van der Waals surface area (Å²) in [4.78, 5) is 14.5. The lowest BCUT2D eigenvalue weighted by atomic mass is 10.1. The number of benzene rings is 2. The monoisotopic (exact) mass is 522 g/mol. The van der Waals surface area contributed by atoms with E-state index in [2.05, 4.69) is 22.9 Å². The molecule has 0 N–H and O–H groups in total. The Bertz CT molecular complexity index is 1110. The van der Waals surface area contributed by atoms with E-state index in [-0.39, 0.29) is 17.4 Å². The largest absolute Gasteiger partial charge is 0.496 e. The molecule has 0 radical (unpaired) electrons. The van der Waals surface area contributed by atoms with E-state index >= 15 is 0 Å². The third-order valence-electron chi connectivity index (χ3n) is 4.49. The van der Waals surface area contributed by atoms with Crippen molar-refractivity contribution in [2.24, 2.45) is 0 Å². The molecule has 7 heteroatoms. The molecule has 0 fully saturated rings. The van der Waals surface area contributed by atoms with Crippen molar-refractivity contribution < 1.29 is 18.7 Å². The SMILES string of the molecule is CCCc1sc(C(=O)/C=C/c2ccc(OC)c(COc3ccc(F)cc3Cl)c2)cc1Br. The van der Waals surface area contributed by atoms with Crippen molar-refractivity contribution in [2.75, 3.05) is 7.11 Å². The number of carbonyl (C=O) groups is 1. The number of aryl methyl sites for hydroxylation is 1. The van der Waals surface area contributed by atoms with E-state index in [4.69, 9.17) is 21.1 Å². The van der Waals surface area contributed by atoms with E-state index in [1.54, 1.807) is 19.3 Å². The van der Waals surface area contributed by atoms with Gasteiger partial charge >= 0.3 is 0 Å². The van der Waals surface area contributed by atoms with Crippen LogP contribution in [0.3, 0.4) is 0 Å². The third kappa shape index (κ3) is 6.19. The van der Waals surface area contributed by atoms with E-state index in [9.17, 15) is 9.18 Å². The van der Waals surface area contributed by atoms with Crippen LogP contribution in [0.2, 0.25) is 5.02 Å². The standard InChI is InChI=1S/C24H21BrClFO3S/c1-3-4-23-18(25)13-24(31-23)20(28)8-5-15-6-9-21(29-2)16(11-15)14-30-22-10-7-17(27)12-19(22)26/h5-13H,3-4,14H2,1-2H3/b8-5+. The van der Waals surface area contributed by atoms with Crippen LogP contribution >= 0.6 is 38.9 Å². The molecule has 0 aliphatic heterocycles. The molecular formula is C24H21BrClFO3S. The minimum atomic E-state index is -0.425. The molecule has 1 aromatic heterocycles. The Morgan fingerprint density at radius 1 is 1.19 bits per heavy atom. The highest BCUT2D eigenvalue weighted by atomic mass is 79.9. The Morgan fingerprint density at radius 2 is 1.97 bits per heavy atom. The number of hydrogen-bond donors (Lipinski definition) is 0. The van der Waals surface area contributed by atoms with Crippen LogP contribution < -0.4 is 9.47 Å². The summed E-state index contributed by atoms with van der Waals surface area (Å²) in [5, 5.41) is 0.199. The molecule has 0 unspecified atom stereocenters. The van der Waals surface area contributed by atoms with Crippen LogP contribution in [0.5, 0.6) is 11.5 Å². The highest BCUT2D eigenvalue weighted by molar-refractivity contribution is 9.10. The van der Waals surface area contributed by atoms with Crippen molar-refractivity contribution in [3.05, 3.63) is 84.7 Å². The van der Waals surface area contributed by atoms with Crippen LogP contribution in [-0.4, -0.2) is 12.9 Å². The van der Waals surface area contributed by atoms with Crippen LogP contribution in [-0.2, 0) is 13.0 Å². The Balaban J connectivity index is 1.74. The van der Waals surface area contributed by atoms with Gasteiger partial charge in [0.2, 0.25) is 0 Å². The van der Waals surface area contributed by atoms with Gasteiger partial charge in [-0.05, 0) is 70.4 Å². The summed E-state index contributed by atoms with van der Waals surface area (Å²) in [7, 11) is 1.57. The second-order valence-corrected chi connectivity index (χ2v) is 9.16. The molecule has 0 saturated carbocycles.